The van der Waals surface area contributed by atoms with Crippen LogP contribution in [0.2, 0.25) is 0 Å². The highest BCUT2D eigenvalue weighted by Gasteiger charge is 2.04. The van der Waals surface area contributed by atoms with Gasteiger partial charge in [-0.2, -0.15) is 0 Å². The van der Waals surface area contributed by atoms with Crippen LogP contribution in [0, 0.1) is 0 Å². The fraction of sp³-hybridized carbons (Fsp3) is 0.263. The summed E-state index contributed by atoms with van der Waals surface area (Å²) in [6.45, 7) is 8.56. The average Bonchev–Trinajstić information content (AvgIpc) is 2.99. The SMILES string of the molecule is C=C(c1ccccc1)c1ccc(CCCCCCCCCCc2ccc(C(=C)c3ccccc3)cc2)cc1. The van der Waals surface area contributed by atoms with Crippen molar-refractivity contribution in [2.24, 2.45) is 0 Å². The summed E-state index contributed by atoms with van der Waals surface area (Å²) in [6.07, 6.45) is 13.0. The van der Waals surface area contributed by atoms with Crippen molar-refractivity contribution in [2.75, 3.05) is 0 Å². The van der Waals surface area contributed by atoms with Gasteiger partial charge in [-0.3, -0.25) is 0 Å². The molecule has 0 aliphatic carbocycles. The molecule has 0 nitrogen and oxygen atoms in total. The van der Waals surface area contributed by atoms with Crippen molar-refractivity contribution in [1.29, 1.82) is 0 Å². The van der Waals surface area contributed by atoms with E-state index < -0.39 is 0 Å². The summed E-state index contributed by atoms with van der Waals surface area (Å²) in [7, 11) is 0. The number of unbranched alkanes of at least 4 members (excludes halogenated alkanes) is 7. The molecule has 4 aromatic carbocycles. The van der Waals surface area contributed by atoms with Gasteiger partial charge in [0, 0.05) is 0 Å². The summed E-state index contributed by atoms with van der Waals surface area (Å²) in [6, 6.07) is 38.9. The van der Waals surface area contributed by atoms with Crippen LogP contribution in [0.5, 0.6) is 0 Å². The Labute approximate surface area is 230 Å². The Balaban J connectivity index is 1.03. The molecule has 0 atom stereocenters. The van der Waals surface area contributed by atoms with Crippen LogP contribution in [-0.4, -0.2) is 0 Å². The van der Waals surface area contributed by atoms with Gasteiger partial charge in [0.25, 0.3) is 0 Å². The molecule has 0 heteroatoms. The Hall–Kier alpha value is -3.64. The van der Waals surface area contributed by atoms with Crippen molar-refractivity contribution >= 4 is 11.1 Å². The molecule has 0 N–H and O–H groups in total. The molecule has 0 aliphatic rings. The Kier molecular flexibility index (Phi) is 10.8. The Bertz CT molecular complexity index is 1140. The zero-order valence-corrected chi connectivity index (χ0v) is 22.9. The molecule has 0 heterocycles. The molecule has 0 saturated carbocycles. The molecule has 0 spiro atoms. The van der Waals surface area contributed by atoms with Crippen LogP contribution >= 0.6 is 0 Å². The molecule has 0 radical (unpaired) electrons. The molecule has 0 saturated heterocycles. The molecular formula is C38H42. The van der Waals surface area contributed by atoms with E-state index in [4.69, 9.17) is 0 Å². The van der Waals surface area contributed by atoms with E-state index in [1.54, 1.807) is 0 Å². The first-order valence-corrected chi connectivity index (χ1v) is 14.4. The Morgan fingerprint density at radius 3 is 0.974 bits per heavy atom. The number of benzene rings is 4. The van der Waals surface area contributed by atoms with Gasteiger partial charge in [-0.25, -0.2) is 0 Å². The maximum Gasteiger partial charge on any atom is -0.0183 e. The van der Waals surface area contributed by atoms with Gasteiger partial charge in [0.2, 0.25) is 0 Å². The second-order valence-corrected chi connectivity index (χ2v) is 10.4. The molecule has 4 rings (SSSR count). The van der Waals surface area contributed by atoms with Gasteiger partial charge in [-0.05, 0) is 70.2 Å². The molecule has 0 bridgehead atoms. The molecule has 0 unspecified atom stereocenters. The zero-order chi connectivity index (χ0) is 26.4. The van der Waals surface area contributed by atoms with Gasteiger partial charge in [-0.15, -0.1) is 0 Å². The highest BCUT2D eigenvalue weighted by Crippen LogP contribution is 2.23. The third-order valence-electron chi connectivity index (χ3n) is 7.53. The number of hydrogen-bond acceptors (Lipinski definition) is 0. The molecule has 0 fully saturated rings. The van der Waals surface area contributed by atoms with Gasteiger partial charge in [0.15, 0.2) is 0 Å². The molecular weight excluding hydrogens is 456 g/mol. The monoisotopic (exact) mass is 498 g/mol. The van der Waals surface area contributed by atoms with Crippen molar-refractivity contribution in [2.45, 2.75) is 64.2 Å². The van der Waals surface area contributed by atoms with E-state index in [1.807, 2.05) is 12.1 Å². The quantitative estimate of drug-likeness (QED) is 0.143. The third-order valence-corrected chi connectivity index (χ3v) is 7.53. The maximum atomic E-state index is 4.28. The summed E-state index contributed by atoms with van der Waals surface area (Å²) in [4.78, 5) is 0. The molecule has 0 aliphatic heterocycles. The van der Waals surface area contributed by atoms with E-state index in [1.165, 1.54) is 97.6 Å². The minimum absolute atomic E-state index is 1.10. The van der Waals surface area contributed by atoms with E-state index in [9.17, 15) is 0 Å². The van der Waals surface area contributed by atoms with Crippen LogP contribution in [0.3, 0.4) is 0 Å². The van der Waals surface area contributed by atoms with Crippen molar-refractivity contribution in [1.82, 2.24) is 0 Å². The largest absolute Gasteiger partial charge is 0.0906 e. The van der Waals surface area contributed by atoms with Crippen molar-refractivity contribution in [3.63, 3.8) is 0 Å². The maximum absolute atomic E-state index is 4.28. The topological polar surface area (TPSA) is 0 Å². The molecule has 4 aromatic rings. The number of hydrogen-bond donors (Lipinski definition) is 0. The molecule has 194 valence electrons. The summed E-state index contributed by atoms with van der Waals surface area (Å²) < 4.78 is 0. The standard InChI is InChI=1S/C38H42/c1-31(35-19-13-9-14-20-35)37-27-23-33(24-28-37)17-11-7-5-3-4-6-8-12-18-34-25-29-38(30-26-34)32(2)36-21-15-10-16-22-36/h9-10,13-16,19-30H,1-8,11-12,17-18H2. The summed E-state index contributed by atoms with van der Waals surface area (Å²) >= 11 is 0. The van der Waals surface area contributed by atoms with Crippen LogP contribution in [0.4, 0.5) is 0 Å². The van der Waals surface area contributed by atoms with Gasteiger partial charge < -0.3 is 0 Å². The summed E-state index contributed by atoms with van der Waals surface area (Å²) in [5.41, 5.74) is 9.89. The minimum atomic E-state index is 1.10. The predicted octanol–water partition coefficient (Wildman–Crippen LogP) is 10.7. The van der Waals surface area contributed by atoms with E-state index in [-0.39, 0.29) is 0 Å². The van der Waals surface area contributed by atoms with Crippen molar-refractivity contribution in [3.8, 4) is 0 Å². The van der Waals surface area contributed by atoms with Gasteiger partial charge in [-0.1, -0.05) is 161 Å². The number of rotatable bonds is 15. The third kappa shape index (κ3) is 8.45. The highest BCUT2D eigenvalue weighted by atomic mass is 14.1. The lowest BCUT2D eigenvalue weighted by atomic mass is 9.97. The highest BCUT2D eigenvalue weighted by molar-refractivity contribution is 5.78. The summed E-state index contributed by atoms with van der Waals surface area (Å²) in [5, 5.41) is 0. The second-order valence-electron chi connectivity index (χ2n) is 10.4. The smallest absolute Gasteiger partial charge is 0.0183 e. The molecule has 0 aromatic heterocycles. The van der Waals surface area contributed by atoms with Crippen LogP contribution in [0.25, 0.3) is 11.1 Å². The normalized spacial score (nSPS) is 10.8. The first-order valence-electron chi connectivity index (χ1n) is 14.4. The first-order chi connectivity index (χ1) is 18.7. The Morgan fingerprint density at radius 2 is 0.632 bits per heavy atom. The van der Waals surface area contributed by atoms with Gasteiger partial charge >= 0.3 is 0 Å². The molecule has 38 heavy (non-hydrogen) atoms. The van der Waals surface area contributed by atoms with Gasteiger partial charge in [0.1, 0.15) is 0 Å². The number of aryl methyl sites for hydroxylation is 2. The van der Waals surface area contributed by atoms with Crippen LogP contribution < -0.4 is 0 Å². The minimum Gasteiger partial charge on any atom is -0.0906 e. The van der Waals surface area contributed by atoms with E-state index >= 15 is 0 Å². The fourth-order valence-corrected chi connectivity index (χ4v) is 5.08. The van der Waals surface area contributed by atoms with E-state index in [2.05, 4.69) is 110 Å². The average molecular weight is 499 g/mol. The van der Waals surface area contributed by atoms with Crippen LogP contribution in [-0.2, 0) is 12.8 Å². The van der Waals surface area contributed by atoms with E-state index in [0.717, 1.165) is 11.1 Å². The lowest BCUT2D eigenvalue weighted by Gasteiger charge is -2.08. The summed E-state index contributed by atoms with van der Waals surface area (Å²) in [5.74, 6) is 0. The first kappa shape index (κ1) is 27.4. The van der Waals surface area contributed by atoms with Gasteiger partial charge in [0.05, 0.1) is 0 Å². The van der Waals surface area contributed by atoms with Crippen molar-refractivity contribution < 1.29 is 0 Å². The van der Waals surface area contributed by atoms with E-state index in [0.29, 0.717) is 0 Å². The predicted molar refractivity (Wildman–Crippen MR) is 166 cm³/mol. The lowest BCUT2D eigenvalue weighted by Crippen LogP contribution is -1.90. The zero-order valence-electron chi connectivity index (χ0n) is 22.9. The van der Waals surface area contributed by atoms with Crippen molar-refractivity contribution in [3.05, 3.63) is 156 Å². The second kappa shape index (κ2) is 14.9. The van der Waals surface area contributed by atoms with Crippen LogP contribution in [0.15, 0.2) is 122 Å². The lowest BCUT2D eigenvalue weighted by molar-refractivity contribution is 0.567. The molecule has 0 amide bonds. The fourth-order valence-electron chi connectivity index (χ4n) is 5.08. The van der Waals surface area contributed by atoms with Crippen LogP contribution in [0.1, 0.15) is 84.7 Å². The Morgan fingerprint density at radius 1 is 0.342 bits per heavy atom.